The lowest BCUT2D eigenvalue weighted by atomic mass is 9.88. The highest BCUT2D eigenvalue weighted by atomic mass is 16.6. The van der Waals surface area contributed by atoms with Crippen molar-refractivity contribution in [2.75, 3.05) is 0 Å². The number of ether oxygens (including phenoxy) is 2. The molecule has 3 rings (SSSR count). The number of ketones is 1. The van der Waals surface area contributed by atoms with Crippen molar-refractivity contribution in [3.05, 3.63) is 12.2 Å². The maximum Gasteiger partial charge on any atom is 0.306 e. The second kappa shape index (κ2) is 2.01. The van der Waals surface area contributed by atoms with Crippen molar-refractivity contribution >= 4 is 11.8 Å². The van der Waals surface area contributed by atoms with Crippen LogP contribution in [0.1, 0.15) is 12.8 Å². The van der Waals surface area contributed by atoms with Gasteiger partial charge in [0, 0.05) is 12.8 Å². The summed E-state index contributed by atoms with van der Waals surface area (Å²) in [5.41, 5.74) is -0.615. The lowest BCUT2D eigenvalue weighted by Gasteiger charge is -2.23. The van der Waals surface area contributed by atoms with E-state index in [4.69, 9.17) is 9.47 Å². The third-order valence-electron chi connectivity index (χ3n) is 2.81. The minimum Gasteiger partial charge on any atom is -0.452 e. The zero-order valence-electron chi connectivity index (χ0n) is 6.86. The van der Waals surface area contributed by atoms with Crippen LogP contribution in [0.15, 0.2) is 12.2 Å². The molecule has 0 aromatic rings. The van der Waals surface area contributed by atoms with Gasteiger partial charge in [-0.1, -0.05) is 0 Å². The first-order valence-corrected chi connectivity index (χ1v) is 4.32. The summed E-state index contributed by atoms with van der Waals surface area (Å²) < 4.78 is 10.4. The van der Waals surface area contributed by atoms with Crippen LogP contribution in [0.5, 0.6) is 0 Å². The van der Waals surface area contributed by atoms with Gasteiger partial charge in [0.1, 0.15) is 6.10 Å². The molecular formula is C9H8O4. The Bertz CT molecular complexity index is 333. The molecule has 2 heterocycles. The number of fused-ring (bicyclic) bond motifs is 2. The average Bonchev–Trinajstić information content (AvgIpc) is 2.83. The standard InChI is InChI=1S/C9H8O4/c10-5-1-3-9(8-7(5)12-8)4-2-6(11)13-9/h1,3,7-8H,2,4H2/t7?,8?,9-/m1/s1. The van der Waals surface area contributed by atoms with Gasteiger partial charge in [-0.25, -0.2) is 0 Å². The summed E-state index contributed by atoms with van der Waals surface area (Å²) in [6.45, 7) is 0. The fourth-order valence-corrected chi connectivity index (χ4v) is 2.04. The van der Waals surface area contributed by atoms with Crippen LogP contribution in [0.4, 0.5) is 0 Å². The number of hydrogen-bond acceptors (Lipinski definition) is 4. The largest absolute Gasteiger partial charge is 0.452 e. The van der Waals surface area contributed by atoms with E-state index in [9.17, 15) is 9.59 Å². The summed E-state index contributed by atoms with van der Waals surface area (Å²) in [6, 6.07) is 0. The number of rotatable bonds is 0. The van der Waals surface area contributed by atoms with Crippen LogP contribution in [-0.2, 0) is 19.1 Å². The van der Waals surface area contributed by atoms with Gasteiger partial charge in [-0.2, -0.15) is 0 Å². The maximum atomic E-state index is 11.1. The van der Waals surface area contributed by atoms with Gasteiger partial charge >= 0.3 is 5.97 Å². The smallest absolute Gasteiger partial charge is 0.306 e. The van der Waals surface area contributed by atoms with Crippen LogP contribution < -0.4 is 0 Å². The molecule has 0 saturated carbocycles. The summed E-state index contributed by atoms with van der Waals surface area (Å²) in [5.74, 6) is -0.216. The van der Waals surface area contributed by atoms with Crippen LogP contribution >= 0.6 is 0 Å². The van der Waals surface area contributed by atoms with Gasteiger partial charge in [0.2, 0.25) is 0 Å². The monoisotopic (exact) mass is 180 g/mol. The average molecular weight is 180 g/mol. The highest BCUT2D eigenvalue weighted by Gasteiger charge is 2.62. The number of hydrogen-bond donors (Lipinski definition) is 0. The van der Waals surface area contributed by atoms with Crippen LogP contribution in [-0.4, -0.2) is 29.6 Å². The highest BCUT2D eigenvalue weighted by molar-refractivity contribution is 5.98. The summed E-state index contributed by atoms with van der Waals surface area (Å²) >= 11 is 0. The van der Waals surface area contributed by atoms with E-state index in [1.54, 1.807) is 6.08 Å². The molecule has 3 atom stereocenters. The van der Waals surface area contributed by atoms with Crippen LogP contribution in [0.2, 0.25) is 0 Å². The van der Waals surface area contributed by atoms with Gasteiger partial charge in [-0.15, -0.1) is 0 Å². The van der Waals surface area contributed by atoms with Crippen LogP contribution in [0, 0.1) is 0 Å². The zero-order valence-corrected chi connectivity index (χ0v) is 6.86. The Kier molecular flexibility index (Phi) is 1.12. The van der Waals surface area contributed by atoms with E-state index >= 15 is 0 Å². The van der Waals surface area contributed by atoms with Crippen molar-refractivity contribution < 1.29 is 19.1 Å². The number of esters is 1. The molecule has 2 fully saturated rings. The molecule has 0 amide bonds. The second-order valence-corrected chi connectivity index (χ2v) is 3.64. The van der Waals surface area contributed by atoms with Gasteiger partial charge in [0.15, 0.2) is 17.5 Å². The Hall–Kier alpha value is -1.16. The Labute approximate surface area is 74.5 Å². The fourth-order valence-electron chi connectivity index (χ4n) is 2.04. The van der Waals surface area contributed by atoms with E-state index in [0.29, 0.717) is 12.8 Å². The predicted octanol–water partition coefficient (Wildman–Crippen LogP) is -0.0315. The first-order valence-electron chi connectivity index (χ1n) is 4.32. The topological polar surface area (TPSA) is 55.9 Å². The molecule has 0 aromatic heterocycles. The molecule has 0 N–H and O–H groups in total. The van der Waals surface area contributed by atoms with Crippen LogP contribution in [0.25, 0.3) is 0 Å². The van der Waals surface area contributed by atoms with E-state index in [0.717, 1.165) is 0 Å². The molecule has 0 radical (unpaired) electrons. The molecule has 1 spiro atoms. The quantitative estimate of drug-likeness (QED) is 0.388. The molecule has 4 heteroatoms. The summed E-state index contributed by atoms with van der Waals surface area (Å²) in [7, 11) is 0. The zero-order chi connectivity index (χ0) is 9.05. The molecular weight excluding hydrogens is 172 g/mol. The third-order valence-corrected chi connectivity index (χ3v) is 2.81. The van der Waals surface area contributed by atoms with Gasteiger partial charge in [-0.05, 0) is 12.2 Å². The van der Waals surface area contributed by atoms with Gasteiger partial charge < -0.3 is 9.47 Å². The molecule has 13 heavy (non-hydrogen) atoms. The highest BCUT2D eigenvalue weighted by Crippen LogP contribution is 2.45. The third kappa shape index (κ3) is 0.836. The van der Waals surface area contributed by atoms with Gasteiger partial charge in [0.05, 0.1) is 0 Å². The number of carbonyl (C=O) groups is 2. The molecule has 2 unspecified atom stereocenters. The maximum absolute atomic E-state index is 11.1. The van der Waals surface area contributed by atoms with Gasteiger partial charge in [-0.3, -0.25) is 9.59 Å². The van der Waals surface area contributed by atoms with Crippen molar-refractivity contribution in [2.24, 2.45) is 0 Å². The Balaban J connectivity index is 1.97. The van der Waals surface area contributed by atoms with Crippen molar-refractivity contribution in [2.45, 2.75) is 30.7 Å². The van der Waals surface area contributed by atoms with Crippen molar-refractivity contribution in [3.63, 3.8) is 0 Å². The predicted molar refractivity (Wildman–Crippen MR) is 40.9 cm³/mol. The summed E-state index contributed by atoms with van der Waals surface area (Å²) in [6.07, 6.45) is 3.63. The van der Waals surface area contributed by atoms with E-state index in [-0.39, 0.29) is 24.0 Å². The molecule has 2 saturated heterocycles. The Morgan fingerprint density at radius 1 is 1.46 bits per heavy atom. The Morgan fingerprint density at radius 2 is 2.31 bits per heavy atom. The summed E-state index contributed by atoms with van der Waals surface area (Å²) in [4.78, 5) is 22.1. The number of carbonyl (C=O) groups excluding carboxylic acids is 2. The van der Waals surface area contributed by atoms with Crippen molar-refractivity contribution in [3.8, 4) is 0 Å². The first kappa shape index (κ1) is 7.26. The van der Waals surface area contributed by atoms with E-state index < -0.39 is 5.60 Å². The SMILES string of the molecule is O=C1CC[C@@]2(C=CC(=O)C3OC32)O1. The minimum absolute atomic E-state index is 0.0152. The van der Waals surface area contributed by atoms with E-state index in [1.807, 2.05) is 0 Å². The molecule has 2 aliphatic heterocycles. The fraction of sp³-hybridized carbons (Fsp3) is 0.556. The van der Waals surface area contributed by atoms with Crippen LogP contribution in [0.3, 0.4) is 0 Å². The van der Waals surface area contributed by atoms with Crippen molar-refractivity contribution in [1.29, 1.82) is 0 Å². The lowest BCUT2D eigenvalue weighted by molar-refractivity contribution is -0.146. The minimum atomic E-state index is -0.615. The first-order chi connectivity index (χ1) is 6.21. The van der Waals surface area contributed by atoms with E-state index in [2.05, 4.69) is 0 Å². The molecule has 4 nitrogen and oxygen atoms in total. The lowest BCUT2D eigenvalue weighted by Crippen LogP contribution is -2.38. The molecule has 0 aromatic carbocycles. The molecule has 3 aliphatic rings. The summed E-state index contributed by atoms with van der Waals surface area (Å²) in [5, 5.41) is 0. The molecule has 68 valence electrons. The van der Waals surface area contributed by atoms with E-state index in [1.165, 1.54) is 6.08 Å². The molecule has 1 aliphatic carbocycles. The normalized spacial score (nSPS) is 46.5. The number of epoxide rings is 1. The molecule has 0 bridgehead atoms. The van der Waals surface area contributed by atoms with Crippen molar-refractivity contribution in [1.82, 2.24) is 0 Å². The van der Waals surface area contributed by atoms with Gasteiger partial charge in [0.25, 0.3) is 0 Å². The Morgan fingerprint density at radius 3 is 3.00 bits per heavy atom. The second-order valence-electron chi connectivity index (χ2n) is 3.64.